The highest BCUT2D eigenvalue weighted by atomic mass is 16.3. The number of nitrogens with zero attached hydrogens (tertiary/aromatic N) is 1. The van der Waals surface area contributed by atoms with Crippen molar-refractivity contribution in [1.82, 2.24) is 21.3 Å². The molecule has 11 N–H and O–H groups in total. The highest BCUT2D eigenvalue weighted by Gasteiger charge is 2.29. The van der Waals surface area contributed by atoms with Gasteiger partial charge in [0.05, 0.1) is 6.42 Å². The molecule has 0 bridgehead atoms. The van der Waals surface area contributed by atoms with Gasteiger partial charge in [0.1, 0.15) is 23.9 Å². The molecule has 4 rings (SSSR count). The number of amides is 4. The Bertz CT molecular complexity index is 1800. The first-order valence-electron chi connectivity index (χ1n) is 17.5. The first kappa shape index (κ1) is 39.6. The van der Waals surface area contributed by atoms with Crippen molar-refractivity contribution < 1.29 is 24.3 Å². The Hall–Kier alpha value is -6.21. The van der Waals surface area contributed by atoms with E-state index in [-0.39, 0.29) is 44.1 Å². The van der Waals surface area contributed by atoms with Gasteiger partial charge in [-0.3, -0.25) is 24.2 Å². The number of phenols is 1. The number of aromatic hydroxyl groups is 1. The Balaban J connectivity index is 1.42. The second-order valence-electron chi connectivity index (χ2n) is 12.6. The van der Waals surface area contributed by atoms with E-state index >= 15 is 0 Å². The second kappa shape index (κ2) is 20.6. The minimum absolute atomic E-state index is 0.0135. The summed E-state index contributed by atoms with van der Waals surface area (Å²) in [5.74, 6) is -2.17. The van der Waals surface area contributed by atoms with Crippen LogP contribution in [0.1, 0.15) is 29.5 Å². The molecule has 0 saturated heterocycles. The maximum absolute atomic E-state index is 13.8. The standard InChI is InChI=1S/C40H48N8O5/c41-26-35(46-36(50)25-29-13-17-31(18-14-29)30-10-5-2-6-11-30)39(53)47-33(12-7-22-45-40(42)43)38(52)48-34(24-28-15-19-32(49)20-16-28)37(51)44-23-21-27-8-3-1-4-9-27/h1-6,8-11,13-20,33-35,49H,7,12,21-26,41H2,(H,44,51)(H,46,50)(H,47,53)(H,48,52)(H4,42,43,45)/t33-,34?,35?/m1/s1. The summed E-state index contributed by atoms with van der Waals surface area (Å²) in [5, 5.41) is 20.8. The molecular formula is C40H48N8O5. The highest BCUT2D eigenvalue weighted by molar-refractivity contribution is 5.94. The molecule has 0 radical (unpaired) electrons. The van der Waals surface area contributed by atoms with E-state index in [1.54, 1.807) is 12.1 Å². The van der Waals surface area contributed by atoms with Crippen LogP contribution in [0.15, 0.2) is 114 Å². The van der Waals surface area contributed by atoms with E-state index in [4.69, 9.17) is 17.2 Å². The van der Waals surface area contributed by atoms with Crippen molar-refractivity contribution in [2.24, 2.45) is 22.2 Å². The average molecular weight is 721 g/mol. The first-order valence-corrected chi connectivity index (χ1v) is 17.5. The van der Waals surface area contributed by atoms with Crippen LogP contribution in [-0.4, -0.2) is 72.5 Å². The fourth-order valence-corrected chi connectivity index (χ4v) is 5.60. The zero-order chi connectivity index (χ0) is 38.0. The molecule has 0 spiro atoms. The number of guanidine groups is 1. The Morgan fingerprint density at radius 1 is 0.642 bits per heavy atom. The Labute approximate surface area is 309 Å². The highest BCUT2D eigenvalue weighted by Crippen LogP contribution is 2.19. The summed E-state index contributed by atoms with van der Waals surface area (Å²) in [6, 6.07) is 30.1. The third-order valence-electron chi connectivity index (χ3n) is 8.46. The summed E-state index contributed by atoms with van der Waals surface area (Å²) in [6.07, 6.45) is 1.15. The van der Waals surface area contributed by atoms with Crippen LogP contribution in [-0.2, 0) is 38.4 Å². The van der Waals surface area contributed by atoms with Gasteiger partial charge in [-0.15, -0.1) is 0 Å². The van der Waals surface area contributed by atoms with Crippen LogP contribution >= 0.6 is 0 Å². The van der Waals surface area contributed by atoms with Crippen molar-refractivity contribution in [2.75, 3.05) is 19.6 Å². The van der Waals surface area contributed by atoms with Gasteiger partial charge in [-0.05, 0) is 59.2 Å². The van der Waals surface area contributed by atoms with Gasteiger partial charge < -0.3 is 43.6 Å². The lowest BCUT2D eigenvalue weighted by molar-refractivity contribution is -0.133. The quantitative estimate of drug-likeness (QED) is 0.0403. The van der Waals surface area contributed by atoms with Crippen LogP contribution in [0.3, 0.4) is 0 Å². The molecule has 4 aromatic carbocycles. The van der Waals surface area contributed by atoms with Gasteiger partial charge >= 0.3 is 0 Å². The van der Waals surface area contributed by atoms with E-state index in [1.165, 1.54) is 12.1 Å². The molecule has 4 aromatic rings. The van der Waals surface area contributed by atoms with Crippen LogP contribution in [0.25, 0.3) is 11.1 Å². The van der Waals surface area contributed by atoms with Gasteiger partial charge in [0.2, 0.25) is 23.6 Å². The van der Waals surface area contributed by atoms with Gasteiger partial charge in [-0.1, -0.05) is 97.1 Å². The molecule has 278 valence electrons. The zero-order valence-electron chi connectivity index (χ0n) is 29.5. The summed E-state index contributed by atoms with van der Waals surface area (Å²) in [5.41, 5.74) is 21.4. The minimum Gasteiger partial charge on any atom is -0.508 e. The molecule has 13 heteroatoms. The molecule has 53 heavy (non-hydrogen) atoms. The van der Waals surface area contributed by atoms with Crippen molar-refractivity contribution in [2.45, 2.75) is 50.2 Å². The van der Waals surface area contributed by atoms with E-state index < -0.39 is 41.8 Å². The monoisotopic (exact) mass is 720 g/mol. The average Bonchev–Trinajstić information content (AvgIpc) is 3.16. The van der Waals surface area contributed by atoms with Gasteiger partial charge in [-0.2, -0.15) is 0 Å². The molecule has 4 amide bonds. The van der Waals surface area contributed by atoms with E-state index in [0.717, 1.165) is 22.3 Å². The van der Waals surface area contributed by atoms with Crippen LogP contribution in [0.5, 0.6) is 5.75 Å². The minimum atomic E-state index is -1.13. The number of benzene rings is 4. The normalized spacial score (nSPS) is 12.4. The molecule has 0 heterocycles. The number of aliphatic imine (C=N–C) groups is 1. The van der Waals surface area contributed by atoms with Gasteiger partial charge in [0, 0.05) is 26.1 Å². The molecule has 0 saturated carbocycles. The van der Waals surface area contributed by atoms with Crippen molar-refractivity contribution in [3.05, 3.63) is 126 Å². The van der Waals surface area contributed by atoms with E-state index in [1.807, 2.05) is 84.9 Å². The predicted molar refractivity (Wildman–Crippen MR) is 205 cm³/mol. The van der Waals surface area contributed by atoms with E-state index in [2.05, 4.69) is 26.3 Å². The summed E-state index contributed by atoms with van der Waals surface area (Å²) in [6.45, 7) is 0.303. The molecular weight excluding hydrogens is 672 g/mol. The Morgan fingerprint density at radius 2 is 1.23 bits per heavy atom. The first-order chi connectivity index (χ1) is 25.6. The summed E-state index contributed by atoms with van der Waals surface area (Å²) in [4.78, 5) is 57.7. The van der Waals surface area contributed by atoms with Crippen molar-refractivity contribution in [3.8, 4) is 16.9 Å². The maximum atomic E-state index is 13.8. The fraction of sp³-hybridized carbons (Fsp3) is 0.275. The molecule has 0 fully saturated rings. The largest absolute Gasteiger partial charge is 0.508 e. The van der Waals surface area contributed by atoms with E-state index in [9.17, 15) is 24.3 Å². The fourth-order valence-electron chi connectivity index (χ4n) is 5.60. The predicted octanol–water partition coefficient (Wildman–Crippen LogP) is 1.67. The molecule has 0 aliphatic heterocycles. The molecule has 3 atom stereocenters. The lowest BCUT2D eigenvalue weighted by Crippen LogP contribution is -2.58. The number of carbonyl (C=O) groups is 4. The van der Waals surface area contributed by atoms with Crippen LogP contribution in [0, 0.1) is 0 Å². The van der Waals surface area contributed by atoms with Crippen LogP contribution < -0.4 is 38.5 Å². The third kappa shape index (κ3) is 13.5. The lowest BCUT2D eigenvalue weighted by Gasteiger charge is -2.25. The van der Waals surface area contributed by atoms with Crippen LogP contribution in [0.4, 0.5) is 0 Å². The zero-order valence-corrected chi connectivity index (χ0v) is 29.5. The number of carbonyl (C=O) groups excluding carboxylic acids is 4. The van der Waals surface area contributed by atoms with Crippen LogP contribution in [0.2, 0.25) is 0 Å². The Kier molecular flexibility index (Phi) is 15.4. The van der Waals surface area contributed by atoms with Gasteiger partial charge in [-0.25, -0.2) is 0 Å². The van der Waals surface area contributed by atoms with Gasteiger partial charge in [0.15, 0.2) is 5.96 Å². The molecule has 2 unspecified atom stereocenters. The lowest BCUT2D eigenvalue weighted by atomic mass is 10.0. The number of hydrogen-bond donors (Lipinski definition) is 8. The number of nitrogens with one attached hydrogen (secondary N) is 4. The molecule has 13 nitrogen and oxygen atoms in total. The number of hydrogen-bond acceptors (Lipinski definition) is 7. The Morgan fingerprint density at radius 3 is 1.87 bits per heavy atom. The number of nitrogens with two attached hydrogens (primary N) is 3. The van der Waals surface area contributed by atoms with E-state index in [0.29, 0.717) is 24.9 Å². The molecule has 0 aliphatic rings. The maximum Gasteiger partial charge on any atom is 0.244 e. The second-order valence-corrected chi connectivity index (χ2v) is 12.6. The smallest absolute Gasteiger partial charge is 0.244 e. The van der Waals surface area contributed by atoms with Crippen molar-refractivity contribution >= 4 is 29.6 Å². The summed E-state index contributed by atoms with van der Waals surface area (Å²) in [7, 11) is 0. The van der Waals surface area contributed by atoms with Gasteiger partial charge in [0.25, 0.3) is 0 Å². The van der Waals surface area contributed by atoms with Crippen molar-refractivity contribution in [3.63, 3.8) is 0 Å². The third-order valence-corrected chi connectivity index (χ3v) is 8.46. The summed E-state index contributed by atoms with van der Waals surface area (Å²) >= 11 is 0. The number of rotatable bonds is 19. The molecule has 0 aromatic heterocycles. The number of phenolic OH excluding ortho intramolecular Hbond substituents is 1. The topological polar surface area (TPSA) is 227 Å². The SMILES string of the molecule is NCC(NC(=O)Cc1ccc(-c2ccccc2)cc1)C(=O)N[C@H](CCCN=C(N)N)C(=O)NC(Cc1ccc(O)cc1)C(=O)NCCc1ccccc1. The molecule has 0 aliphatic carbocycles. The summed E-state index contributed by atoms with van der Waals surface area (Å²) < 4.78 is 0. The van der Waals surface area contributed by atoms with Crippen molar-refractivity contribution in [1.29, 1.82) is 0 Å².